The normalized spacial score (nSPS) is 17.6. The molecular weight excluding hydrogens is 224 g/mol. The lowest BCUT2D eigenvalue weighted by atomic mass is 9.81. The minimum atomic E-state index is 0.396. The Bertz CT molecular complexity index is 289. The van der Waals surface area contributed by atoms with E-state index in [1.54, 1.807) is 6.21 Å². The third-order valence-electron chi connectivity index (χ3n) is 3.92. The van der Waals surface area contributed by atoms with E-state index in [4.69, 9.17) is 5.21 Å². The van der Waals surface area contributed by atoms with Crippen molar-refractivity contribution in [2.75, 3.05) is 0 Å². The molecule has 0 aromatic carbocycles. The summed E-state index contributed by atoms with van der Waals surface area (Å²) in [7, 11) is 0. The Morgan fingerprint density at radius 3 is 2.61 bits per heavy atom. The standard InChI is InChI=1S/C15H28N2O/c1-4-14(10-6-9-13-7-5-8-13)16-11-15(17-18)12(2)3/h11,13-14,17-18H,4-10H2,1-3H3. The van der Waals surface area contributed by atoms with Crippen LogP contribution in [0.2, 0.25) is 0 Å². The first-order valence-corrected chi connectivity index (χ1v) is 7.28. The molecule has 1 fully saturated rings. The van der Waals surface area contributed by atoms with E-state index in [-0.39, 0.29) is 0 Å². The minimum absolute atomic E-state index is 0.396. The van der Waals surface area contributed by atoms with Crippen LogP contribution in [0, 0.1) is 5.92 Å². The van der Waals surface area contributed by atoms with Crippen molar-refractivity contribution >= 4 is 6.21 Å². The van der Waals surface area contributed by atoms with Crippen molar-refractivity contribution in [3.8, 4) is 0 Å². The maximum atomic E-state index is 8.97. The molecule has 0 aliphatic heterocycles. The van der Waals surface area contributed by atoms with Crippen LogP contribution in [0.15, 0.2) is 16.3 Å². The number of hydroxylamine groups is 1. The third-order valence-corrected chi connectivity index (χ3v) is 3.92. The minimum Gasteiger partial charge on any atom is -0.291 e. The van der Waals surface area contributed by atoms with E-state index in [0.717, 1.165) is 17.9 Å². The third kappa shape index (κ3) is 5.21. The number of nitrogens with one attached hydrogen (secondary N) is 1. The van der Waals surface area contributed by atoms with Gasteiger partial charge in [0.05, 0.1) is 5.70 Å². The van der Waals surface area contributed by atoms with Crippen molar-refractivity contribution < 1.29 is 5.21 Å². The number of hydrogen-bond donors (Lipinski definition) is 2. The first-order chi connectivity index (χ1) is 8.67. The Kier molecular flexibility index (Phi) is 7.02. The molecule has 0 aromatic rings. The predicted octanol–water partition coefficient (Wildman–Crippen LogP) is 4.08. The lowest BCUT2D eigenvalue weighted by Gasteiger charge is -2.25. The highest BCUT2D eigenvalue weighted by Gasteiger charge is 2.17. The molecule has 3 nitrogen and oxygen atoms in total. The maximum Gasteiger partial charge on any atom is 0.0766 e. The first kappa shape index (κ1) is 15.2. The Hall–Kier alpha value is -0.830. The lowest BCUT2D eigenvalue weighted by Crippen LogP contribution is -2.13. The monoisotopic (exact) mass is 252 g/mol. The Morgan fingerprint density at radius 2 is 2.17 bits per heavy atom. The smallest absolute Gasteiger partial charge is 0.0766 e. The molecule has 2 N–H and O–H groups in total. The van der Waals surface area contributed by atoms with Gasteiger partial charge in [-0.25, -0.2) is 0 Å². The lowest BCUT2D eigenvalue weighted by molar-refractivity contribution is 0.207. The molecule has 18 heavy (non-hydrogen) atoms. The predicted molar refractivity (Wildman–Crippen MR) is 77.1 cm³/mol. The highest BCUT2D eigenvalue weighted by molar-refractivity contribution is 5.78. The van der Waals surface area contributed by atoms with Gasteiger partial charge in [0.1, 0.15) is 0 Å². The van der Waals surface area contributed by atoms with Gasteiger partial charge in [-0.1, -0.05) is 39.0 Å². The van der Waals surface area contributed by atoms with Crippen LogP contribution in [-0.2, 0) is 0 Å². The van der Waals surface area contributed by atoms with E-state index in [1.165, 1.54) is 38.5 Å². The van der Waals surface area contributed by atoms with Gasteiger partial charge in [0.2, 0.25) is 0 Å². The summed E-state index contributed by atoms with van der Waals surface area (Å²) < 4.78 is 0. The van der Waals surface area contributed by atoms with E-state index in [9.17, 15) is 0 Å². The molecule has 1 saturated carbocycles. The highest BCUT2D eigenvalue weighted by atomic mass is 16.5. The summed E-state index contributed by atoms with van der Waals surface area (Å²) in [6.45, 7) is 6.10. The van der Waals surface area contributed by atoms with Gasteiger partial charge < -0.3 is 0 Å². The summed E-state index contributed by atoms with van der Waals surface area (Å²) in [5, 5.41) is 8.97. The van der Waals surface area contributed by atoms with Gasteiger partial charge in [0.15, 0.2) is 0 Å². The molecular formula is C15H28N2O. The molecule has 0 heterocycles. The summed E-state index contributed by atoms with van der Waals surface area (Å²) in [4.78, 5) is 4.57. The molecule has 104 valence electrons. The van der Waals surface area contributed by atoms with Crippen LogP contribution in [0.3, 0.4) is 0 Å². The van der Waals surface area contributed by atoms with Gasteiger partial charge >= 0.3 is 0 Å². The SMILES string of the molecule is CCC(CCCC1CCC1)N=CC(NO)=C(C)C. The number of rotatable bonds is 8. The summed E-state index contributed by atoms with van der Waals surface area (Å²) in [6, 6.07) is 0.396. The van der Waals surface area contributed by atoms with Crippen LogP contribution in [0.4, 0.5) is 0 Å². The van der Waals surface area contributed by atoms with E-state index in [2.05, 4.69) is 17.4 Å². The molecule has 0 radical (unpaired) electrons. The molecule has 0 amide bonds. The number of nitrogens with zero attached hydrogens (tertiary/aromatic N) is 1. The average molecular weight is 252 g/mol. The van der Waals surface area contributed by atoms with Crippen LogP contribution < -0.4 is 5.48 Å². The van der Waals surface area contributed by atoms with E-state index >= 15 is 0 Å². The molecule has 1 rings (SSSR count). The fourth-order valence-electron chi connectivity index (χ4n) is 2.26. The average Bonchev–Trinajstić information content (AvgIpc) is 2.29. The molecule has 0 bridgehead atoms. The van der Waals surface area contributed by atoms with E-state index in [0.29, 0.717) is 11.7 Å². The largest absolute Gasteiger partial charge is 0.291 e. The second-order valence-electron chi connectivity index (χ2n) is 5.59. The fourth-order valence-corrected chi connectivity index (χ4v) is 2.26. The quantitative estimate of drug-likeness (QED) is 0.505. The molecule has 3 heteroatoms. The van der Waals surface area contributed by atoms with Crippen molar-refractivity contribution in [3.05, 3.63) is 11.3 Å². The molecule has 1 unspecified atom stereocenters. The van der Waals surface area contributed by atoms with Crippen molar-refractivity contribution in [2.24, 2.45) is 10.9 Å². The Morgan fingerprint density at radius 1 is 1.44 bits per heavy atom. The van der Waals surface area contributed by atoms with E-state index < -0.39 is 0 Å². The Labute approximate surface area is 111 Å². The number of allylic oxidation sites excluding steroid dienone is 2. The second kappa shape index (κ2) is 8.30. The molecule has 1 atom stereocenters. The highest BCUT2D eigenvalue weighted by Crippen LogP contribution is 2.31. The van der Waals surface area contributed by atoms with Gasteiger partial charge in [-0.2, -0.15) is 0 Å². The summed E-state index contributed by atoms with van der Waals surface area (Å²) >= 11 is 0. The van der Waals surface area contributed by atoms with Gasteiger partial charge in [-0.05, 0) is 38.2 Å². The maximum absolute atomic E-state index is 8.97. The van der Waals surface area contributed by atoms with Crippen molar-refractivity contribution in [2.45, 2.75) is 71.8 Å². The zero-order valence-corrected chi connectivity index (χ0v) is 12.1. The van der Waals surface area contributed by atoms with Crippen LogP contribution in [0.5, 0.6) is 0 Å². The Balaban J connectivity index is 2.31. The van der Waals surface area contributed by atoms with Crippen LogP contribution in [0.1, 0.15) is 65.7 Å². The second-order valence-corrected chi connectivity index (χ2v) is 5.59. The summed E-state index contributed by atoms with van der Waals surface area (Å²) in [5.74, 6) is 0.999. The van der Waals surface area contributed by atoms with E-state index in [1.807, 2.05) is 13.8 Å². The molecule has 0 spiro atoms. The zero-order valence-electron chi connectivity index (χ0n) is 12.1. The van der Waals surface area contributed by atoms with Gasteiger partial charge in [0, 0.05) is 12.3 Å². The summed E-state index contributed by atoms with van der Waals surface area (Å²) in [5.41, 5.74) is 3.97. The topological polar surface area (TPSA) is 44.6 Å². The molecule has 0 aromatic heterocycles. The van der Waals surface area contributed by atoms with Crippen LogP contribution in [-0.4, -0.2) is 17.5 Å². The molecule has 0 saturated heterocycles. The van der Waals surface area contributed by atoms with Crippen molar-refractivity contribution in [3.63, 3.8) is 0 Å². The van der Waals surface area contributed by atoms with Crippen molar-refractivity contribution in [1.29, 1.82) is 0 Å². The zero-order chi connectivity index (χ0) is 13.4. The van der Waals surface area contributed by atoms with Gasteiger partial charge in [0.25, 0.3) is 0 Å². The summed E-state index contributed by atoms with van der Waals surface area (Å²) in [6.07, 6.45) is 11.0. The molecule has 1 aliphatic rings. The fraction of sp³-hybridized carbons (Fsp3) is 0.800. The van der Waals surface area contributed by atoms with Gasteiger partial charge in [-0.3, -0.25) is 15.7 Å². The first-order valence-electron chi connectivity index (χ1n) is 7.28. The number of aliphatic imine (C=N–C) groups is 1. The van der Waals surface area contributed by atoms with Crippen LogP contribution >= 0.6 is 0 Å². The van der Waals surface area contributed by atoms with Crippen molar-refractivity contribution in [1.82, 2.24) is 5.48 Å². The molecule has 1 aliphatic carbocycles. The van der Waals surface area contributed by atoms with Crippen LogP contribution in [0.25, 0.3) is 0 Å². The number of hydrogen-bond acceptors (Lipinski definition) is 3. The van der Waals surface area contributed by atoms with Gasteiger partial charge in [-0.15, -0.1) is 0 Å².